The minimum absolute atomic E-state index is 0.212. The highest BCUT2D eigenvalue weighted by Crippen LogP contribution is 2.12. The predicted octanol–water partition coefficient (Wildman–Crippen LogP) is 1.30. The van der Waals surface area contributed by atoms with Gasteiger partial charge in [-0.2, -0.15) is 0 Å². The highest BCUT2D eigenvalue weighted by molar-refractivity contribution is 9.10. The summed E-state index contributed by atoms with van der Waals surface area (Å²) in [5.74, 6) is 0.447. The van der Waals surface area contributed by atoms with Gasteiger partial charge in [-0.3, -0.25) is 4.79 Å². The van der Waals surface area contributed by atoms with Crippen LogP contribution in [0.15, 0.2) is 27.9 Å². The molecular weight excluding hydrogens is 260 g/mol. The zero-order valence-corrected chi connectivity index (χ0v) is 9.45. The smallest absolute Gasteiger partial charge is 0.265 e. The molecule has 0 saturated carbocycles. The molecule has 0 aromatic carbocycles. The lowest BCUT2D eigenvalue weighted by Crippen LogP contribution is -2.12. The molecular formula is C9H7BrN4O. The second-order valence-corrected chi connectivity index (χ2v) is 3.70. The third-order valence-electron chi connectivity index (χ3n) is 1.85. The lowest BCUT2D eigenvalue weighted by molar-refractivity contribution is 1.03. The summed E-state index contributed by atoms with van der Waals surface area (Å²) >= 11 is 3.15. The van der Waals surface area contributed by atoms with Gasteiger partial charge in [-0.05, 0) is 28.9 Å². The Kier molecular flexibility index (Phi) is 2.59. The molecule has 0 bridgehead atoms. The molecule has 2 rings (SSSR count). The first-order chi connectivity index (χ1) is 7.18. The molecule has 0 aliphatic rings. The zero-order valence-electron chi connectivity index (χ0n) is 7.86. The van der Waals surface area contributed by atoms with Gasteiger partial charge in [0, 0.05) is 6.20 Å². The first-order valence-corrected chi connectivity index (χ1v) is 5.00. The number of hydrogen-bond acceptors (Lipinski definition) is 4. The van der Waals surface area contributed by atoms with Gasteiger partial charge in [0.1, 0.15) is 16.5 Å². The normalized spacial score (nSPS) is 10.3. The van der Waals surface area contributed by atoms with Crippen LogP contribution in [0.3, 0.4) is 0 Å². The average molecular weight is 267 g/mol. The molecule has 0 amide bonds. The van der Waals surface area contributed by atoms with Crippen molar-refractivity contribution in [2.24, 2.45) is 0 Å². The highest BCUT2D eigenvalue weighted by atomic mass is 79.9. The first kappa shape index (κ1) is 9.97. The second-order valence-electron chi connectivity index (χ2n) is 2.91. The van der Waals surface area contributed by atoms with E-state index in [4.69, 9.17) is 0 Å². The van der Waals surface area contributed by atoms with Crippen LogP contribution in [0.1, 0.15) is 5.69 Å². The Morgan fingerprint density at radius 1 is 1.47 bits per heavy atom. The molecule has 76 valence electrons. The number of H-pyrrole nitrogens is 1. The van der Waals surface area contributed by atoms with E-state index in [-0.39, 0.29) is 5.56 Å². The van der Waals surface area contributed by atoms with Crippen molar-refractivity contribution in [1.82, 2.24) is 19.9 Å². The van der Waals surface area contributed by atoms with Crippen LogP contribution in [0.5, 0.6) is 0 Å². The molecule has 0 atom stereocenters. The van der Waals surface area contributed by atoms with E-state index in [0.29, 0.717) is 21.7 Å². The van der Waals surface area contributed by atoms with E-state index >= 15 is 0 Å². The van der Waals surface area contributed by atoms with Gasteiger partial charge in [0.25, 0.3) is 5.56 Å². The summed E-state index contributed by atoms with van der Waals surface area (Å²) in [5, 5.41) is 0. The first-order valence-electron chi connectivity index (χ1n) is 4.21. The molecule has 2 heterocycles. The third kappa shape index (κ3) is 1.94. The number of hydrogen-bond donors (Lipinski definition) is 1. The standard InChI is InChI=1S/C9H7BrN4O/c1-5-7(10)9(15)14-8(13-5)6-2-3-11-4-12-6/h2-4H,1H3,(H,13,14,15). The van der Waals surface area contributed by atoms with Crippen LogP contribution >= 0.6 is 15.9 Å². The van der Waals surface area contributed by atoms with Gasteiger partial charge in [-0.25, -0.2) is 15.0 Å². The molecule has 0 fully saturated rings. The lowest BCUT2D eigenvalue weighted by Gasteiger charge is -2.01. The molecule has 0 radical (unpaired) electrons. The minimum atomic E-state index is -0.212. The minimum Gasteiger partial charge on any atom is -0.304 e. The summed E-state index contributed by atoms with van der Waals surface area (Å²) in [6, 6.07) is 1.69. The maximum atomic E-state index is 11.4. The van der Waals surface area contributed by atoms with E-state index in [2.05, 4.69) is 35.9 Å². The zero-order chi connectivity index (χ0) is 10.8. The van der Waals surface area contributed by atoms with Crippen LogP contribution in [0, 0.1) is 6.92 Å². The van der Waals surface area contributed by atoms with E-state index in [1.807, 2.05) is 0 Å². The van der Waals surface area contributed by atoms with Gasteiger partial charge >= 0.3 is 0 Å². The van der Waals surface area contributed by atoms with Crippen molar-refractivity contribution in [3.05, 3.63) is 39.1 Å². The summed E-state index contributed by atoms with van der Waals surface area (Å²) < 4.78 is 0.445. The molecule has 0 unspecified atom stereocenters. The summed E-state index contributed by atoms with van der Waals surface area (Å²) in [7, 11) is 0. The quantitative estimate of drug-likeness (QED) is 0.845. The Morgan fingerprint density at radius 3 is 2.87 bits per heavy atom. The number of aromatic amines is 1. The number of aryl methyl sites for hydroxylation is 1. The van der Waals surface area contributed by atoms with Crippen LogP contribution in [-0.2, 0) is 0 Å². The Hall–Kier alpha value is -1.56. The van der Waals surface area contributed by atoms with Crippen molar-refractivity contribution in [3.8, 4) is 11.5 Å². The molecule has 2 aromatic rings. The molecule has 0 aliphatic heterocycles. The molecule has 5 nitrogen and oxygen atoms in total. The van der Waals surface area contributed by atoms with Gasteiger partial charge < -0.3 is 4.98 Å². The van der Waals surface area contributed by atoms with Gasteiger partial charge in [0.05, 0.1) is 5.69 Å². The topological polar surface area (TPSA) is 71.5 Å². The van der Waals surface area contributed by atoms with Gasteiger partial charge in [-0.15, -0.1) is 0 Å². The fourth-order valence-electron chi connectivity index (χ4n) is 1.12. The van der Waals surface area contributed by atoms with Crippen molar-refractivity contribution in [2.75, 3.05) is 0 Å². The Balaban J connectivity index is 2.61. The van der Waals surface area contributed by atoms with Crippen LogP contribution in [0.4, 0.5) is 0 Å². The Bertz CT molecular complexity index is 538. The number of aromatic nitrogens is 4. The fraction of sp³-hybridized carbons (Fsp3) is 0.111. The third-order valence-corrected chi connectivity index (χ3v) is 2.79. The van der Waals surface area contributed by atoms with Crippen molar-refractivity contribution in [2.45, 2.75) is 6.92 Å². The van der Waals surface area contributed by atoms with Gasteiger partial charge in [-0.1, -0.05) is 0 Å². The lowest BCUT2D eigenvalue weighted by atomic mass is 10.3. The molecule has 6 heteroatoms. The predicted molar refractivity (Wildman–Crippen MR) is 58.3 cm³/mol. The molecule has 0 aliphatic carbocycles. The van der Waals surface area contributed by atoms with Crippen molar-refractivity contribution in [1.29, 1.82) is 0 Å². The number of rotatable bonds is 1. The van der Waals surface area contributed by atoms with Gasteiger partial charge in [0.2, 0.25) is 0 Å². The molecule has 15 heavy (non-hydrogen) atoms. The van der Waals surface area contributed by atoms with E-state index < -0.39 is 0 Å². The van der Waals surface area contributed by atoms with E-state index in [0.717, 1.165) is 0 Å². The van der Waals surface area contributed by atoms with Crippen molar-refractivity contribution in [3.63, 3.8) is 0 Å². The molecule has 1 N–H and O–H groups in total. The van der Waals surface area contributed by atoms with Crippen molar-refractivity contribution < 1.29 is 0 Å². The number of nitrogens with one attached hydrogen (secondary N) is 1. The van der Waals surface area contributed by atoms with E-state index in [1.54, 1.807) is 19.2 Å². The Morgan fingerprint density at radius 2 is 2.27 bits per heavy atom. The van der Waals surface area contributed by atoms with Crippen LogP contribution in [0.2, 0.25) is 0 Å². The average Bonchev–Trinajstić information content (AvgIpc) is 2.26. The van der Waals surface area contributed by atoms with Crippen LogP contribution in [-0.4, -0.2) is 19.9 Å². The highest BCUT2D eigenvalue weighted by Gasteiger charge is 2.07. The molecule has 2 aromatic heterocycles. The largest absolute Gasteiger partial charge is 0.304 e. The van der Waals surface area contributed by atoms with Gasteiger partial charge in [0.15, 0.2) is 5.82 Å². The maximum Gasteiger partial charge on any atom is 0.265 e. The number of nitrogens with zero attached hydrogens (tertiary/aromatic N) is 3. The summed E-state index contributed by atoms with van der Waals surface area (Å²) in [4.78, 5) is 26.1. The second kappa shape index (κ2) is 3.90. The molecule has 0 saturated heterocycles. The van der Waals surface area contributed by atoms with Crippen LogP contribution in [0.25, 0.3) is 11.5 Å². The molecule has 0 spiro atoms. The Labute approximate surface area is 93.8 Å². The van der Waals surface area contributed by atoms with Crippen molar-refractivity contribution >= 4 is 15.9 Å². The van der Waals surface area contributed by atoms with Crippen LogP contribution < -0.4 is 5.56 Å². The van der Waals surface area contributed by atoms with E-state index in [9.17, 15) is 4.79 Å². The SMILES string of the molecule is Cc1nc(-c2ccncn2)[nH]c(=O)c1Br. The maximum absolute atomic E-state index is 11.4. The summed E-state index contributed by atoms with van der Waals surface area (Å²) in [6.45, 7) is 1.75. The monoisotopic (exact) mass is 266 g/mol. The number of halogens is 1. The summed E-state index contributed by atoms with van der Waals surface area (Å²) in [5.41, 5.74) is 1.01. The summed E-state index contributed by atoms with van der Waals surface area (Å²) in [6.07, 6.45) is 3.01. The van der Waals surface area contributed by atoms with E-state index in [1.165, 1.54) is 6.33 Å². The fourth-order valence-corrected chi connectivity index (χ4v) is 1.31.